The zero-order valence-corrected chi connectivity index (χ0v) is 18.0. The summed E-state index contributed by atoms with van der Waals surface area (Å²) in [6, 6.07) is 7.83. The van der Waals surface area contributed by atoms with Crippen LogP contribution in [0.5, 0.6) is 0 Å². The number of H-pyrrole nitrogens is 1. The number of carbonyl (C=O) groups excluding carboxylic acids is 2. The lowest BCUT2D eigenvalue weighted by Gasteiger charge is -2.14. The highest BCUT2D eigenvalue weighted by Crippen LogP contribution is 2.30. The second-order valence-corrected chi connectivity index (χ2v) is 8.97. The number of hydrogen-bond donors (Lipinski definition) is 2. The predicted octanol–water partition coefficient (Wildman–Crippen LogP) is 3.51. The molecular weight excluding hydrogens is 386 g/mol. The summed E-state index contributed by atoms with van der Waals surface area (Å²) in [6.45, 7) is 8.75. The van der Waals surface area contributed by atoms with Gasteiger partial charge in [-0.3, -0.25) is 9.59 Å². The SMILES string of the molecule is Cc1[nH]c2ccccc2c1C(=O)C(C)Sc1nnc(CCC(N)=O)n1CC(C)C. The van der Waals surface area contributed by atoms with Crippen molar-refractivity contribution in [2.75, 3.05) is 0 Å². The van der Waals surface area contributed by atoms with Gasteiger partial charge in [-0.15, -0.1) is 10.2 Å². The van der Waals surface area contributed by atoms with E-state index in [2.05, 4.69) is 29.0 Å². The molecule has 8 heteroatoms. The Morgan fingerprint density at radius 1 is 1.21 bits per heavy atom. The fourth-order valence-electron chi connectivity index (χ4n) is 3.38. The molecule has 0 aliphatic rings. The van der Waals surface area contributed by atoms with Gasteiger partial charge < -0.3 is 15.3 Å². The molecule has 0 fully saturated rings. The van der Waals surface area contributed by atoms with Crippen molar-refractivity contribution < 1.29 is 9.59 Å². The highest BCUT2D eigenvalue weighted by molar-refractivity contribution is 8.00. The topological polar surface area (TPSA) is 107 Å². The van der Waals surface area contributed by atoms with Gasteiger partial charge in [0, 0.05) is 41.5 Å². The lowest BCUT2D eigenvalue weighted by Crippen LogP contribution is -2.17. The maximum Gasteiger partial charge on any atom is 0.217 e. The molecule has 0 bridgehead atoms. The van der Waals surface area contributed by atoms with Crippen LogP contribution in [0.15, 0.2) is 29.4 Å². The van der Waals surface area contributed by atoms with Gasteiger partial charge in [-0.05, 0) is 25.8 Å². The third-order valence-electron chi connectivity index (χ3n) is 4.73. The minimum Gasteiger partial charge on any atom is -0.370 e. The van der Waals surface area contributed by atoms with Gasteiger partial charge in [0.25, 0.3) is 0 Å². The predicted molar refractivity (Wildman–Crippen MR) is 115 cm³/mol. The number of carbonyl (C=O) groups is 2. The fraction of sp³-hybridized carbons (Fsp3) is 0.429. The summed E-state index contributed by atoms with van der Waals surface area (Å²) in [6.07, 6.45) is 0.670. The number of ketones is 1. The average Bonchev–Trinajstić information content (AvgIpc) is 3.18. The van der Waals surface area contributed by atoms with Crippen molar-refractivity contribution in [1.29, 1.82) is 0 Å². The number of para-hydroxylation sites is 1. The van der Waals surface area contributed by atoms with Crippen molar-refractivity contribution in [2.45, 2.75) is 57.5 Å². The summed E-state index contributed by atoms with van der Waals surface area (Å²) >= 11 is 1.40. The Morgan fingerprint density at radius 2 is 1.93 bits per heavy atom. The number of rotatable bonds is 9. The van der Waals surface area contributed by atoms with E-state index in [1.54, 1.807) is 0 Å². The van der Waals surface area contributed by atoms with Crippen molar-refractivity contribution >= 4 is 34.4 Å². The number of Topliss-reactive ketones (excluding diaryl/α,β-unsaturated/α-hetero) is 1. The molecule has 0 saturated heterocycles. The number of nitrogens with one attached hydrogen (secondary N) is 1. The molecule has 1 amide bonds. The summed E-state index contributed by atoms with van der Waals surface area (Å²) in [5.41, 5.74) is 7.84. The Bertz CT molecular complexity index is 1040. The summed E-state index contributed by atoms with van der Waals surface area (Å²) in [7, 11) is 0. The number of benzene rings is 1. The number of aryl methyl sites for hydroxylation is 2. The van der Waals surface area contributed by atoms with Crippen LogP contribution in [0.25, 0.3) is 10.9 Å². The summed E-state index contributed by atoms with van der Waals surface area (Å²) < 4.78 is 2.00. The maximum atomic E-state index is 13.2. The number of aromatic nitrogens is 4. The molecule has 1 aromatic carbocycles. The molecule has 0 aliphatic carbocycles. The van der Waals surface area contributed by atoms with Crippen molar-refractivity contribution in [3.63, 3.8) is 0 Å². The second-order valence-electron chi connectivity index (χ2n) is 7.66. The number of aromatic amines is 1. The van der Waals surface area contributed by atoms with Crippen LogP contribution < -0.4 is 5.73 Å². The van der Waals surface area contributed by atoms with Crippen LogP contribution in [0.2, 0.25) is 0 Å². The minimum absolute atomic E-state index is 0.0581. The van der Waals surface area contributed by atoms with E-state index in [0.29, 0.717) is 17.5 Å². The van der Waals surface area contributed by atoms with Gasteiger partial charge in [0.2, 0.25) is 5.91 Å². The molecule has 0 saturated carbocycles. The molecule has 7 nitrogen and oxygen atoms in total. The maximum absolute atomic E-state index is 13.2. The summed E-state index contributed by atoms with van der Waals surface area (Å²) in [4.78, 5) is 27.7. The number of primary amides is 1. The Hall–Kier alpha value is -2.61. The first-order valence-electron chi connectivity index (χ1n) is 9.76. The zero-order valence-electron chi connectivity index (χ0n) is 17.2. The zero-order chi connectivity index (χ0) is 21.1. The molecule has 0 radical (unpaired) electrons. The van der Waals surface area contributed by atoms with Crippen LogP contribution in [-0.2, 0) is 17.8 Å². The lowest BCUT2D eigenvalue weighted by molar-refractivity contribution is -0.118. The van der Waals surface area contributed by atoms with Crippen molar-refractivity contribution in [3.8, 4) is 0 Å². The Labute approximate surface area is 174 Å². The molecule has 3 aromatic rings. The Morgan fingerprint density at radius 3 is 2.62 bits per heavy atom. The number of fused-ring (bicyclic) bond motifs is 1. The van der Waals surface area contributed by atoms with E-state index in [1.165, 1.54) is 11.8 Å². The van der Waals surface area contributed by atoms with Crippen LogP contribution in [0.3, 0.4) is 0 Å². The normalized spacial score (nSPS) is 12.6. The van der Waals surface area contributed by atoms with Gasteiger partial charge in [-0.25, -0.2) is 0 Å². The lowest BCUT2D eigenvalue weighted by atomic mass is 10.1. The van der Waals surface area contributed by atoms with Crippen molar-refractivity contribution in [3.05, 3.63) is 41.3 Å². The Kier molecular flexibility index (Phi) is 6.42. The number of hydrogen-bond acceptors (Lipinski definition) is 5. The second kappa shape index (κ2) is 8.82. The highest BCUT2D eigenvalue weighted by atomic mass is 32.2. The molecule has 0 spiro atoms. The van der Waals surface area contributed by atoms with Gasteiger partial charge >= 0.3 is 0 Å². The quantitative estimate of drug-likeness (QED) is 0.412. The van der Waals surface area contributed by atoms with Gasteiger partial charge in [-0.1, -0.05) is 43.8 Å². The molecule has 1 atom stereocenters. The first kappa shape index (κ1) is 21.1. The largest absolute Gasteiger partial charge is 0.370 e. The molecular formula is C21H27N5O2S. The molecule has 29 heavy (non-hydrogen) atoms. The number of nitrogens with two attached hydrogens (primary N) is 1. The third kappa shape index (κ3) is 4.70. The molecule has 154 valence electrons. The molecule has 3 N–H and O–H groups in total. The van der Waals surface area contributed by atoms with Crippen molar-refractivity contribution in [1.82, 2.24) is 19.7 Å². The van der Waals surface area contributed by atoms with Crippen LogP contribution in [0, 0.1) is 12.8 Å². The van der Waals surface area contributed by atoms with Gasteiger partial charge in [0.05, 0.1) is 5.25 Å². The summed E-state index contributed by atoms with van der Waals surface area (Å²) in [5, 5.41) is 9.85. The van der Waals surface area contributed by atoms with E-state index in [-0.39, 0.29) is 23.4 Å². The van der Waals surface area contributed by atoms with E-state index in [1.807, 2.05) is 42.7 Å². The monoisotopic (exact) mass is 413 g/mol. The average molecular weight is 414 g/mol. The molecule has 3 rings (SSSR count). The van der Waals surface area contributed by atoms with E-state index >= 15 is 0 Å². The van der Waals surface area contributed by atoms with Gasteiger partial charge in [0.15, 0.2) is 10.9 Å². The van der Waals surface area contributed by atoms with E-state index in [0.717, 1.165) is 34.5 Å². The van der Waals surface area contributed by atoms with E-state index in [4.69, 9.17) is 5.73 Å². The molecule has 0 aliphatic heterocycles. The first-order chi connectivity index (χ1) is 13.8. The van der Waals surface area contributed by atoms with Crippen LogP contribution >= 0.6 is 11.8 Å². The molecule has 1 unspecified atom stereocenters. The van der Waals surface area contributed by atoms with Crippen LogP contribution in [0.4, 0.5) is 0 Å². The molecule has 2 heterocycles. The van der Waals surface area contributed by atoms with Gasteiger partial charge in [-0.2, -0.15) is 0 Å². The van der Waals surface area contributed by atoms with Gasteiger partial charge in [0.1, 0.15) is 5.82 Å². The van der Waals surface area contributed by atoms with Crippen LogP contribution in [0.1, 0.15) is 49.1 Å². The first-order valence-corrected chi connectivity index (χ1v) is 10.6. The standard InChI is InChI=1S/C21H27N5O2S/c1-12(2)11-26-18(10-9-17(22)27)24-25-21(26)29-14(4)20(28)19-13(3)23-16-8-6-5-7-15(16)19/h5-8,12,14,23H,9-11H2,1-4H3,(H2,22,27). The molecule has 2 aromatic heterocycles. The van der Waals surface area contributed by atoms with E-state index in [9.17, 15) is 9.59 Å². The number of thioether (sulfide) groups is 1. The van der Waals surface area contributed by atoms with Crippen LogP contribution in [-0.4, -0.2) is 36.7 Å². The summed E-state index contributed by atoms with van der Waals surface area (Å²) in [5.74, 6) is 0.793. The van der Waals surface area contributed by atoms with E-state index < -0.39 is 0 Å². The highest BCUT2D eigenvalue weighted by Gasteiger charge is 2.25. The number of nitrogens with zero attached hydrogens (tertiary/aromatic N) is 3. The Balaban J connectivity index is 1.85. The fourth-order valence-corrected chi connectivity index (χ4v) is 4.32. The van der Waals surface area contributed by atoms with Crippen molar-refractivity contribution in [2.24, 2.45) is 11.7 Å². The number of amides is 1. The minimum atomic E-state index is -0.364. The smallest absolute Gasteiger partial charge is 0.217 e. The third-order valence-corrected chi connectivity index (χ3v) is 5.81.